The van der Waals surface area contributed by atoms with Crippen LogP contribution >= 0.6 is 0 Å². The number of hydrogen-bond donors (Lipinski definition) is 1. The number of nitro groups is 1. The summed E-state index contributed by atoms with van der Waals surface area (Å²) in [6.07, 6.45) is -0.507. The summed E-state index contributed by atoms with van der Waals surface area (Å²) in [5, 5.41) is 13.8. The maximum Gasteiger partial charge on any atom is 0.293 e. The molecule has 0 radical (unpaired) electrons. The highest BCUT2D eigenvalue weighted by atomic mass is 16.7. The molecule has 0 aliphatic carbocycles. The van der Waals surface area contributed by atoms with Gasteiger partial charge in [-0.3, -0.25) is 14.9 Å². The van der Waals surface area contributed by atoms with Gasteiger partial charge in [0, 0.05) is 25.8 Å². The SMILES string of the molecule is COC(CNc1ccc(C(C)=O)cc1[N+](=O)[O-])OC. The largest absolute Gasteiger partial charge is 0.374 e. The van der Waals surface area contributed by atoms with E-state index >= 15 is 0 Å². The number of nitrogens with one attached hydrogen (secondary N) is 1. The number of ether oxygens (including phenoxy) is 2. The molecule has 1 aromatic carbocycles. The molecule has 0 spiro atoms. The van der Waals surface area contributed by atoms with Gasteiger partial charge in [-0.05, 0) is 19.1 Å². The van der Waals surface area contributed by atoms with Crippen LogP contribution in [0.5, 0.6) is 0 Å². The normalized spacial score (nSPS) is 10.5. The first-order valence-electron chi connectivity index (χ1n) is 5.58. The number of nitrogens with zero attached hydrogens (tertiary/aromatic N) is 1. The van der Waals surface area contributed by atoms with Gasteiger partial charge in [0.15, 0.2) is 12.1 Å². The van der Waals surface area contributed by atoms with Crippen molar-refractivity contribution in [2.45, 2.75) is 13.2 Å². The Morgan fingerprint density at radius 1 is 1.42 bits per heavy atom. The molecule has 0 fully saturated rings. The van der Waals surface area contributed by atoms with Crippen molar-refractivity contribution in [3.05, 3.63) is 33.9 Å². The van der Waals surface area contributed by atoms with Crippen LogP contribution in [0.2, 0.25) is 0 Å². The van der Waals surface area contributed by atoms with E-state index in [1.807, 2.05) is 0 Å². The summed E-state index contributed by atoms with van der Waals surface area (Å²) in [6.45, 7) is 1.62. The van der Waals surface area contributed by atoms with Crippen LogP contribution < -0.4 is 5.32 Å². The molecule has 0 atom stereocenters. The number of carbonyl (C=O) groups is 1. The molecule has 0 heterocycles. The van der Waals surface area contributed by atoms with Crippen molar-refractivity contribution in [3.63, 3.8) is 0 Å². The zero-order valence-electron chi connectivity index (χ0n) is 11.0. The van der Waals surface area contributed by atoms with E-state index in [1.54, 1.807) is 0 Å². The number of methoxy groups -OCH3 is 2. The van der Waals surface area contributed by atoms with Crippen LogP contribution in [0.25, 0.3) is 0 Å². The average molecular weight is 268 g/mol. The number of carbonyl (C=O) groups excluding carboxylic acids is 1. The summed E-state index contributed by atoms with van der Waals surface area (Å²) in [6, 6.07) is 4.28. The fourth-order valence-corrected chi connectivity index (χ4v) is 1.51. The van der Waals surface area contributed by atoms with Gasteiger partial charge in [-0.25, -0.2) is 0 Å². The minimum absolute atomic E-state index is 0.154. The van der Waals surface area contributed by atoms with Crippen molar-refractivity contribution in [3.8, 4) is 0 Å². The van der Waals surface area contributed by atoms with Gasteiger partial charge in [0.05, 0.1) is 11.5 Å². The van der Waals surface area contributed by atoms with E-state index in [4.69, 9.17) is 9.47 Å². The Labute approximate surface area is 110 Å². The predicted octanol–water partition coefficient (Wildman–Crippen LogP) is 1.83. The van der Waals surface area contributed by atoms with Gasteiger partial charge in [0.2, 0.25) is 0 Å². The lowest BCUT2D eigenvalue weighted by Crippen LogP contribution is -2.24. The average Bonchev–Trinajstić information content (AvgIpc) is 2.39. The van der Waals surface area contributed by atoms with E-state index in [-0.39, 0.29) is 18.0 Å². The van der Waals surface area contributed by atoms with Crippen molar-refractivity contribution in [1.82, 2.24) is 0 Å². The van der Waals surface area contributed by atoms with Crippen molar-refractivity contribution >= 4 is 17.2 Å². The third-order valence-electron chi connectivity index (χ3n) is 2.59. The van der Waals surface area contributed by atoms with E-state index in [0.717, 1.165) is 0 Å². The van der Waals surface area contributed by atoms with Crippen LogP contribution in [0.1, 0.15) is 17.3 Å². The second-order valence-corrected chi connectivity index (χ2v) is 3.83. The molecule has 0 aliphatic heterocycles. The zero-order valence-corrected chi connectivity index (χ0v) is 11.0. The van der Waals surface area contributed by atoms with Crippen molar-refractivity contribution in [2.75, 3.05) is 26.1 Å². The zero-order chi connectivity index (χ0) is 14.4. The maximum absolute atomic E-state index is 11.2. The van der Waals surface area contributed by atoms with Crippen LogP contribution in [-0.2, 0) is 9.47 Å². The van der Waals surface area contributed by atoms with E-state index in [0.29, 0.717) is 11.3 Å². The van der Waals surface area contributed by atoms with Crippen LogP contribution in [-0.4, -0.2) is 37.8 Å². The fourth-order valence-electron chi connectivity index (χ4n) is 1.51. The van der Waals surface area contributed by atoms with E-state index < -0.39 is 11.2 Å². The molecule has 1 rings (SSSR count). The molecular weight excluding hydrogens is 252 g/mol. The summed E-state index contributed by atoms with van der Waals surface area (Å²) in [4.78, 5) is 21.6. The molecule has 0 saturated heterocycles. The molecule has 0 amide bonds. The van der Waals surface area contributed by atoms with E-state index in [1.165, 1.54) is 39.3 Å². The molecule has 7 nitrogen and oxygen atoms in total. The minimum Gasteiger partial charge on any atom is -0.374 e. The number of hydrogen-bond acceptors (Lipinski definition) is 6. The van der Waals surface area contributed by atoms with Crippen molar-refractivity contribution in [2.24, 2.45) is 0 Å². The lowest BCUT2D eigenvalue weighted by Gasteiger charge is -2.15. The first-order valence-corrected chi connectivity index (χ1v) is 5.58. The van der Waals surface area contributed by atoms with Gasteiger partial charge in [0.25, 0.3) is 5.69 Å². The Hall–Kier alpha value is -1.99. The highest BCUT2D eigenvalue weighted by Gasteiger charge is 2.17. The molecule has 0 aliphatic rings. The van der Waals surface area contributed by atoms with Crippen LogP contribution in [0.3, 0.4) is 0 Å². The van der Waals surface area contributed by atoms with Crippen LogP contribution in [0.15, 0.2) is 18.2 Å². The summed E-state index contributed by atoms with van der Waals surface area (Å²) in [7, 11) is 2.95. The van der Waals surface area contributed by atoms with E-state index in [2.05, 4.69) is 5.32 Å². The molecule has 19 heavy (non-hydrogen) atoms. The van der Waals surface area contributed by atoms with Gasteiger partial charge in [0.1, 0.15) is 5.69 Å². The number of anilines is 1. The second kappa shape index (κ2) is 6.81. The second-order valence-electron chi connectivity index (χ2n) is 3.83. The van der Waals surface area contributed by atoms with Gasteiger partial charge in [-0.15, -0.1) is 0 Å². The fraction of sp³-hybridized carbons (Fsp3) is 0.417. The molecule has 0 saturated carbocycles. The number of Topliss-reactive ketones (excluding diaryl/α,β-unsaturated/α-hetero) is 1. The van der Waals surface area contributed by atoms with Crippen LogP contribution in [0.4, 0.5) is 11.4 Å². The number of benzene rings is 1. The highest BCUT2D eigenvalue weighted by molar-refractivity contribution is 5.95. The third-order valence-corrected chi connectivity index (χ3v) is 2.59. The van der Waals surface area contributed by atoms with Gasteiger partial charge < -0.3 is 14.8 Å². The Morgan fingerprint density at radius 3 is 2.53 bits per heavy atom. The Morgan fingerprint density at radius 2 is 2.05 bits per heavy atom. The first kappa shape index (κ1) is 15.1. The minimum atomic E-state index is -0.538. The first-order chi connectivity index (χ1) is 8.99. The summed E-state index contributed by atoms with van der Waals surface area (Å²) < 4.78 is 9.95. The van der Waals surface area contributed by atoms with E-state index in [9.17, 15) is 14.9 Å². The maximum atomic E-state index is 11.2. The molecule has 0 aromatic heterocycles. The Bertz CT molecular complexity index is 471. The lowest BCUT2D eigenvalue weighted by molar-refractivity contribution is -0.384. The molecule has 0 unspecified atom stereocenters. The van der Waals surface area contributed by atoms with Crippen molar-refractivity contribution < 1.29 is 19.2 Å². The molecule has 1 aromatic rings. The third kappa shape index (κ3) is 4.01. The smallest absolute Gasteiger partial charge is 0.293 e. The predicted molar refractivity (Wildman–Crippen MR) is 69.4 cm³/mol. The van der Waals surface area contributed by atoms with Gasteiger partial charge in [-0.2, -0.15) is 0 Å². The van der Waals surface area contributed by atoms with Gasteiger partial charge in [-0.1, -0.05) is 0 Å². The van der Waals surface area contributed by atoms with Gasteiger partial charge >= 0.3 is 0 Å². The summed E-state index contributed by atoms with van der Waals surface area (Å²) >= 11 is 0. The highest BCUT2D eigenvalue weighted by Crippen LogP contribution is 2.25. The number of nitro benzene ring substituents is 1. The molecule has 1 N–H and O–H groups in total. The lowest BCUT2D eigenvalue weighted by atomic mass is 10.1. The monoisotopic (exact) mass is 268 g/mol. The van der Waals surface area contributed by atoms with Crippen molar-refractivity contribution in [1.29, 1.82) is 0 Å². The number of ketones is 1. The summed E-state index contributed by atoms with van der Waals surface area (Å²) in [5.41, 5.74) is 0.458. The Kier molecular flexibility index (Phi) is 5.40. The molecule has 0 bridgehead atoms. The molecular formula is C12H16N2O5. The van der Waals surface area contributed by atoms with Crippen LogP contribution in [0, 0.1) is 10.1 Å². The topological polar surface area (TPSA) is 90.7 Å². The Balaban J connectivity index is 2.94. The quantitative estimate of drug-likeness (QED) is 0.351. The molecule has 7 heteroatoms. The molecule has 104 valence electrons. The standard InChI is InChI=1S/C12H16N2O5/c1-8(15)9-4-5-10(11(6-9)14(16)17)13-7-12(18-2)19-3/h4-6,12-13H,7H2,1-3H3. The summed E-state index contributed by atoms with van der Waals surface area (Å²) in [5.74, 6) is -0.221. The number of rotatable bonds is 7.